The average Bonchev–Trinajstić information content (AvgIpc) is 3.17. The van der Waals surface area contributed by atoms with Gasteiger partial charge in [0.05, 0.1) is 26.0 Å². The molecule has 1 heterocycles. The maximum Gasteiger partial charge on any atom is 0.354 e. The largest absolute Gasteiger partial charge is 0.466 e. The molecule has 1 aromatic carbocycles. The molecule has 0 aliphatic carbocycles. The second-order valence-corrected chi connectivity index (χ2v) is 7.73. The minimum absolute atomic E-state index is 0.0743. The van der Waals surface area contributed by atoms with Crippen LogP contribution in [-0.4, -0.2) is 52.0 Å². The molecular formula is C17H22N2O6S. The number of hydrogen-bond acceptors (Lipinski definition) is 7. The smallest absolute Gasteiger partial charge is 0.354 e. The fourth-order valence-electron chi connectivity index (χ4n) is 2.54. The molecule has 1 fully saturated rings. The van der Waals surface area contributed by atoms with Crippen molar-refractivity contribution in [1.29, 1.82) is 0 Å². The van der Waals surface area contributed by atoms with Gasteiger partial charge in [0.15, 0.2) is 0 Å². The van der Waals surface area contributed by atoms with Crippen LogP contribution in [0.1, 0.15) is 18.4 Å². The first-order chi connectivity index (χ1) is 12.4. The quantitative estimate of drug-likeness (QED) is 0.559. The molecule has 0 aromatic heterocycles. The molecule has 0 radical (unpaired) electrons. The van der Waals surface area contributed by atoms with Crippen molar-refractivity contribution in [3.63, 3.8) is 0 Å². The number of carbonyl (C=O) groups is 2. The van der Waals surface area contributed by atoms with Crippen LogP contribution in [0.3, 0.4) is 0 Å². The first-order valence-electron chi connectivity index (χ1n) is 8.07. The number of nitrogens with one attached hydrogen (secondary N) is 1. The first kappa shape index (κ1) is 19.9. The minimum atomic E-state index is -3.32. The Labute approximate surface area is 152 Å². The summed E-state index contributed by atoms with van der Waals surface area (Å²) in [4.78, 5) is 23.1. The van der Waals surface area contributed by atoms with Gasteiger partial charge in [0.25, 0.3) is 0 Å². The Hall–Kier alpha value is -2.39. The molecule has 0 bridgehead atoms. The van der Waals surface area contributed by atoms with Gasteiger partial charge >= 0.3 is 11.9 Å². The Morgan fingerprint density at radius 3 is 2.27 bits per heavy atom. The standard InChI is InChI=1S/C17H22N2O6S/c1-24-16(20)11-15(17(21)25-2)18-14-7-5-13(6-8-14)12-26(22,23)19-9-3-4-10-19/h5-8,11,18H,3-4,9-10,12H2,1-2H3/b15-11+. The van der Waals surface area contributed by atoms with Gasteiger partial charge in [-0.15, -0.1) is 0 Å². The van der Waals surface area contributed by atoms with Crippen molar-refractivity contribution >= 4 is 27.6 Å². The van der Waals surface area contributed by atoms with Gasteiger partial charge in [-0.25, -0.2) is 22.3 Å². The Morgan fingerprint density at radius 1 is 1.12 bits per heavy atom. The fraction of sp³-hybridized carbons (Fsp3) is 0.412. The van der Waals surface area contributed by atoms with E-state index in [2.05, 4.69) is 14.8 Å². The van der Waals surface area contributed by atoms with E-state index in [0.29, 0.717) is 24.3 Å². The maximum absolute atomic E-state index is 12.3. The summed E-state index contributed by atoms with van der Waals surface area (Å²) < 4.78 is 35.3. The minimum Gasteiger partial charge on any atom is -0.466 e. The Morgan fingerprint density at radius 2 is 1.73 bits per heavy atom. The third-order valence-corrected chi connectivity index (χ3v) is 5.76. The summed E-state index contributed by atoms with van der Waals surface area (Å²) in [5.41, 5.74) is 1.06. The van der Waals surface area contributed by atoms with Crippen molar-refractivity contribution in [3.05, 3.63) is 41.6 Å². The molecule has 142 valence electrons. The van der Waals surface area contributed by atoms with Gasteiger partial charge in [-0.05, 0) is 30.5 Å². The van der Waals surface area contributed by atoms with Crippen LogP contribution in [-0.2, 0) is 34.8 Å². The molecule has 1 N–H and O–H groups in total. The molecule has 0 atom stereocenters. The number of benzene rings is 1. The molecule has 1 saturated heterocycles. The number of anilines is 1. The number of sulfonamides is 1. The maximum atomic E-state index is 12.3. The van der Waals surface area contributed by atoms with Crippen molar-refractivity contribution < 1.29 is 27.5 Å². The molecule has 1 aliphatic rings. The highest BCUT2D eigenvalue weighted by Gasteiger charge is 2.25. The lowest BCUT2D eigenvalue weighted by Crippen LogP contribution is -2.29. The van der Waals surface area contributed by atoms with E-state index in [0.717, 1.165) is 18.9 Å². The second-order valence-electron chi connectivity index (χ2n) is 5.76. The van der Waals surface area contributed by atoms with E-state index < -0.39 is 22.0 Å². The summed E-state index contributed by atoms with van der Waals surface area (Å²) in [6.45, 7) is 1.14. The highest BCUT2D eigenvalue weighted by molar-refractivity contribution is 7.88. The zero-order valence-electron chi connectivity index (χ0n) is 14.7. The molecule has 1 aliphatic heterocycles. The molecule has 1 aromatic rings. The third kappa shape index (κ3) is 5.30. The van der Waals surface area contributed by atoms with E-state index in [9.17, 15) is 18.0 Å². The predicted octanol–water partition coefficient (Wildman–Crippen LogP) is 1.25. The Kier molecular flexibility index (Phi) is 6.76. The van der Waals surface area contributed by atoms with Crippen LogP contribution in [0.4, 0.5) is 5.69 Å². The predicted molar refractivity (Wildman–Crippen MR) is 95.6 cm³/mol. The first-order valence-corrected chi connectivity index (χ1v) is 9.68. The van der Waals surface area contributed by atoms with Crippen molar-refractivity contribution in [1.82, 2.24) is 4.31 Å². The number of hydrogen-bond donors (Lipinski definition) is 1. The van der Waals surface area contributed by atoms with Crippen molar-refractivity contribution in [2.24, 2.45) is 0 Å². The Bertz CT molecular complexity index is 780. The summed E-state index contributed by atoms with van der Waals surface area (Å²) in [6.07, 6.45) is 2.77. The summed E-state index contributed by atoms with van der Waals surface area (Å²) in [6, 6.07) is 6.57. The molecular weight excluding hydrogens is 360 g/mol. The molecule has 26 heavy (non-hydrogen) atoms. The van der Waals surface area contributed by atoms with Crippen LogP contribution in [0.2, 0.25) is 0 Å². The van der Waals surface area contributed by atoms with E-state index >= 15 is 0 Å². The van der Waals surface area contributed by atoms with E-state index in [4.69, 9.17) is 0 Å². The van der Waals surface area contributed by atoms with Crippen LogP contribution in [0.15, 0.2) is 36.0 Å². The van der Waals surface area contributed by atoms with E-state index in [1.54, 1.807) is 24.3 Å². The summed E-state index contributed by atoms with van der Waals surface area (Å²) >= 11 is 0. The van der Waals surface area contributed by atoms with Gasteiger partial charge < -0.3 is 14.8 Å². The van der Waals surface area contributed by atoms with E-state index in [1.165, 1.54) is 18.5 Å². The number of rotatable bonds is 7. The molecule has 0 saturated carbocycles. The van der Waals surface area contributed by atoms with Gasteiger partial charge in [0, 0.05) is 18.8 Å². The molecule has 0 spiro atoms. The SMILES string of the molecule is COC(=O)/C=C(/Nc1ccc(CS(=O)(=O)N2CCCC2)cc1)C(=O)OC. The number of ether oxygens (including phenoxy) is 2. The molecule has 9 heteroatoms. The van der Waals surface area contributed by atoms with Crippen LogP contribution in [0, 0.1) is 0 Å². The number of methoxy groups -OCH3 is 2. The molecule has 8 nitrogen and oxygen atoms in total. The highest BCUT2D eigenvalue weighted by Crippen LogP contribution is 2.19. The lowest BCUT2D eigenvalue weighted by molar-refractivity contribution is -0.138. The average molecular weight is 382 g/mol. The van der Waals surface area contributed by atoms with Gasteiger partial charge in [0.2, 0.25) is 10.0 Å². The van der Waals surface area contributed by atoms with Crippen LogP contribution < -0.4 is 5.32 Å². The fourth-order valence-corrected chi connectivity index (χ4v) is 4.15. The molecule has 2 rings (SSSR count). The van der Waals surface area contributed by atoms with Crippen molar-refractivity contribution in [3.8, 4) is 0 Å². The molecule has 0 unspecified atom stereocenters. The van der Waals surface area contributed by atoms with E-state index in [1.807, 2.05) is 0 Å². The van der Waals surface area contributed by atoms with Crippen molar-refractivity contribution in [2.75, 3.05) is 32.6 Å². The van der Waals surface area contributed by atoms with Crippen LogP contribution in [0.5, 0.6) is 0 Å². The zero-order valence-corrected chi connectivity index (χ0v) is 15.5. The van der Waals surface area contributed by atoms with Crippen LogP contribution >= 0.6 is 0 Å². The van der Waals surface area contributed by atoms with Gasteiger partial charge in [0.1, 0.15) is 5.70 Å². The van der Waals surface area contributed by atoms with Gasteiger partial charge in [-0.3, -0.25) is 0 Å². The third-order valence-electron chi connectivity index (χ3n) is 3.91. The number of carbonyl (C=O) groups excluding carboxylic acids is 2. The topological polar surface area (TPSA) is 102 Å². The summed E-state index contributed by atoms with van der Waals surface area (Å²) in [5.74, 6) is -1.50. The van der Waals surface area contributed by atoms with Crippen LogP contribution in [0.25, 0.3) is 0 Å². The van der Waals surface area contributed by atoms with Crippen molar-refractivity contribution in [2.45, 2.75) is 18.6 Å². The van der Waals surface area contributed by atoms with Gasteiger partial charge in [-0.1, -0.05) is 12.1 Å². The second kappa shape index (κ2) is 8.81. The normalized spacial score (nSPS) is 15.5. The lowest BCUT2D eigenvalue weighted by atomic mass is 10.2. The number of esters is 2. The zero-order chi connectivity index (χ0) is 19.2. The summed E-state index contributed by atoms with van der Waals surface area (Å²) in [7, 11) is -0.926. The van der Waals surface area contributed by atoms with E-state index in [-0.39, 0.29) is 11.4 Å². The van der Waals surface area contributed by atoms with Gasteiger partial charge in [-0.2, -0.15) is 0 Å². The number of nitrogens with zero attached hydrogens (tertiary/aromatic N) is 1. The lowest BCUT2D eigenvalue weighted by Gasteiger charge is -2.15. The highest BCUT2D eigenvalue weighted by atomic mass is 32.2. The Balaban J connectivity index is 2.09. The molecule has 0 amide bonds. The monoisotopic (exact) mass is 382 g/mol. The summed E-state index contributed by atoms with van der Waals surface area (Å²) in [5, 5.41) is 2.77.